The van der Waals surface area contributed by atoms with Gasteiger partial charge < -0.3 is 0 Å². The van der Waals surface area contributed by atoms with E-state index in [1.54, 1.807) is 24.3 Å². The van der Waals surface area contributed by atoms with Crippen LogP contribution in [0, 0.1) is 11.6 Å². The predicted molar refractivity (Wildman–Crippen MR) is 68.6 cm³/mol. The Labute approximate surface area is 116 Å². The molecular formula is C13H6ClF2N3O. The van der Waals surface area contributed by atoms with E-state index >= 15 is 0 Å². The second-order valence-electron chi connectivity index (χ2n) is 4.02. The van der Waals surface area contributed by atoms with Gasteiger partial charge in [0.2, 0.25) is 0 Å². The lowest BCUT2D eigenvalue weighted by Gasteiger charge is -2.05. The summed E-state index contributed by atoms with van der Waals surface area (Å²) in [6.07, 6.45) is 0. The van der Waals surface area contributed by atoms with Crippen LogP contribution >= 0.6 is 11.6 Å². The van der Waals surface area contributed by atoms with Crippen molar-refractivity contribution in [2.45, 2.75) is 0 Å². The average molecular weight is 294 g/mol. The fourth-order valence-electron chi connectivity index (χ4n) is 1.82. The molecule has 3 rings (SSSR count). The molecule has 4 nitrogen and oxygen atoms in total. The molecular weight excluding hydrogens is 288 g/mol. The third-order valence-electron chi connectivity index (χ3n) is 2.81. The maximum absolute atomic E-state index is 13.4. The molecule has 1 aromatic heterocycles. The third-order valence-corrected chi connectivity index (χ3v) is 3.18. The maximum Gasteiger partial charge on any atom is 0.281 e. The fourth-order valence-corrected chi connectivity index (χ4v) is 2.06. The van der Waals surface area contributed by atoms with Gasteiger partial charge in [0.05, 0.1) is 16.1 Å². The van der Waals surface area contributed by atoms with Gasteiger partial charge in [0.1, 0.15) is 5.52 Å². The van der Waals surface area contributed by atoms with Gasteiger partial charge in [-0.2, -0.15) is 4.68 Å². The number of rotatable bonds is 1. The Hall–Kier alpha value is -2.34. The summed E-state index contributed by atoms with van der Waals surface area (Å²) in [6, 6.07) is 8.73. The zero-order valence-electron chi connectivity index (χ0n) is 9.85. The first kappa shape index (κ1) is 12.7. The number of hydrogen-bond donors (Lipinski definition) is 0. The van der Waals surface area contributed by atoms with Crippen molar-refractivity contribution < 1.29 is 13.6 Å². The third kappa shape index (κ3) is 1.85. The summed E-state index contributed by atoms with van der Waals surface area (Å²) in [5.41, 5.74) is 0.791. The molecule has 0 aliphatic heterocycles. The molecule has 0 aliphatic rings. The van der Waals surface area contributed by atoms with E-state index in [4.69, 9.17) is 11.6 Å². The molecule has 0 saturated heterocycles. The molecule has 0 radical (unpaired) electrons. The van der Waals surface area contributed by atoms with Gasteiger partial charge >= 0.3 is 0 Å². The van der Waals surface area contributed by atoms with Gasteiger partial charge in [0, 0.05) is 0 Å². The number of benzene rings is 2. The first-order valence-electron chi connectivity index (χ1n) is 5.58. The monoisotopic (exact) mass is 293 g/mol. The molecule has 0 amide bonds. The topological polar surface area (TPSA) is 47.8 Å². The summed E-state index contributed by atoms with van der Waals surface area (Å²) in [5.74, 6) is -3.06. The largest absolute Gasteiger partial charge is 0.281 e. The van der Waals surface area contributed by atoms with E-state index in [0.717, 1.165) is 16.8 Å². The first-order valence-corrected chi connectivity index (χ1v) is 5.96. The number of halogens is 3. The van der Waals surface area contributed by atoms with Crippen molar-refractivity contribution in [2.75, 3.05) is 0 Å². The highest BCUT2D eigenvalue weighted by molar-refractivity contribution is 6.34. The summed E-state index contributed by atoms with van der Waals surface area (Å²) in [7, 11) is 0. The minimum Gasteiger partial charge on any atom is -0.267 e. The average Bonchev–Trinajstić information content (AvgIpc) is 2.88. The summed E-state index contributed by atoms with van der Waals surface area (Å²) >= 11 is 5.66. The number of fused-ring (bicyclic) bond motifs is 1. The highest BCUT2D eigenvalue weighted by Crippen LogP contribution is 2.24. The van der Waals surface area contributed by atoms with Crippen molar-refractivity contribution in [2.24, 2.45) is 0 Å². The normalized spacial score (nSPS) is 10.9. The van der Waals surface area contributed by atoms with Crippen molar-refractivity contribution in [3.05, 3.63) is 58.6 Å². The second-order valence-corrected chi connectivity index (χ2v) is 4.40. The SMILES string of the molecule is O=C(c1ccc(F)c(F)c1Cl)n1nnc2ccccc21. The van der Waals surface area contributed by atoms with E-state index in [1.807, 2.05) is 0 Å². The van der Waals surface area contributed by atoms with E-state index in [1.165, 1.54) is 0 Å². The number of aromatic nitrogens is 3. The lowest BCUT2D eigenvalue weighted by molar-refractivity contribution is 0.0947. The zero-order chi connectivity index (χ0) is 14.3. The summed E-state index contributed by atoms with van der Waals surface area (Å²) in [6.45, 7) is 0. The Morgan fingerprint density at radius 3 is 2.70 bits per heavy atom. The Morgan fingerprint density at radius 2 is 1.90 bits per heavy atom. The smallest absolute Gasteiger partial charge is 0.267 e. The summed E-state index contributed by atoms with van der Waals surface area (Å²) in [5, 5.41) is 6.95. The van der Waals surface area contributed by atoms with E-state index in [2.05, 4.69) is 10.3 Å². The molecule has 0 aliphatic carbocycles. The van der Waals surface area contributed by atoms with Crippen LogP contribution < -0.4 is 0 Å². The molecule has 1 heterocycles. The van der Waals surface area contributed by atoms with E-state index < -0.39 is 22.6 Å². The minimum atomic E-state index is -1.26. The van der Waals surface area contributed by atoms with Gasteiger partial charge in [-0.15, -0.1) is 5.10 Å². The van der Waals surface area contributed by atoms with Crippen LogP contribution in [0.1, 0.15) is 10.4 Å². The molecule has 3 aromatic rings. The Bertz CT molecular complexity index is 832. The number of para-hydroxylation sites is 1. The van der Waals surface area contributed by atoms with Crippen LogP contribution in [-0.2, 0) is 0 Å². The van der Waals surface area contributed by atoms with Crippen LogP contribution in [0.3, 0.4) is 0 Å². The number of carbonyl (C=O) groups is 1. The van der Waals surface area contributed by atoms with Gasteiger partial charge in [-0.3, -0.25) is 4.79 Å². The predicted octanol–water partition coefficient (Wildman–Crippen LogP) is 3.05. The van der Waals surface area contributed by atoms with Gasteiger partial charge in [-0.25, -0.2) is 8.78 Å². The highest BCUT2D eigenvalue weighted by atomic mass is 35.5. The van der Waals surface area contributed by atoms with E-state index in [-0.39, 0.29) is 5.56 Å². The number of nitrogens with zero attached hydrogens (tertiary/aromatic N) is 3. The van der Waals surface area contributed by atoms with Crippen LogP contribution in [0.5, 0.6) is 0 Å². The van der Waals surface area contributed by atoms with Crippen molar-refractivity contribution in [1.29, 1.82) is 0 Å². The van der Waals surface area contributed by atoms with Crippen molar-refractivity contribution in [3.8, 4) is 0 Å². The molecule has 0 N–H and O–H groups in total. The van der Waals surface area contributed by atoms with Crippen LogP contribution in [0.2, 0.25) is 5.02 Å². The van der Waals surface area contributed by atoms with E-state index in [0.29, 0.717) is 11.0 Å². The molecule has 0 saturated carbocycles. The lowest BCUT2D eigenvalue weighted by atomic mass is 10.2. The van der Waals surface area contributed by atoms with Crippen LogP contribution in [0.25, 0.3) is 11.0 Å². The number of hydrogen-bond acceptors (Lipinski definition) is 3. The molecule has 0 bridgehead atoms. The molecule has 20 heavy (non-hydrogen) atoms. The van der Waals surface area contributed by atoms with Gasteiger partial charge in [0.25, 0.3) is 5.91 Å². The summed E-state index contributed by atoms with van der Waals surface area (Å²) in [4.78, 5) is 12.3. The Morgan fingerprint density at radius 1 is 1.15 bits per heavy atom. The van der Waals surface area contributed by atoms with Crippen molar-refractivity contribution in [1.82, 2.24) is 15.0 Å². The maximum atomic E-state index is 13.4. The quantitative estimate of drug-likeness (QED) is 0.648. The van der Waals surface area contributed by atoms with Gasteiger partial charge in [-0.05, 0) is 24.3 Å². The lowest BCUT2D eigenvalue weighted by Crippen LogP contribution is -2.15. The minimum absolute atomic E-state index is 0.179. The molecule has 7 heteroatoms. The zero-order valence-corrected chi connectivity index (χ0v) is 10.6. The first-order chi connectivity index (χ1) is 9.59. The van der Waals surface area contributed by atoms with Gasteiger partial charge in [-0.1, -0.05) is 28.9 Å². The fraction of sp³-hybridized carbons (Fsp3) is 0. The molecule has 0 fully saturated rings. The molecule has 0 atom stereocenters. The molecule has 2 aromatic carbocycles. The molecule has 0 spiro atoms. The van der Waals surface area contributed by atoms with Crippen LogP contribution in [0.4, 0.5) is 8.78 Å². The second kappa shape index (κ2) is 4.64. The van der Waals surface area contributed by atoms with Crippen molar-refractivity contribution in [3.63, 3.8) is 0 Å². The van der Waals surface area contributed by atoms with Crippen LogP contribution in [0.15, 0.2) is 36.4 Å². The van der Waals surface area contributed by atoms with Gasteiger partial charge in [0.15, 0.2) is 11.6 Å². The van der Waals surface area contributed by atoms with E-state index in [9.17, 15) is 13.6 Å². The van der Waals surface area contributed by atoms with Crippen LogP contribution in [-0.4, -0.2) is 20.9 Å². The standard InChI is InChI=1S/C13H6ClF2N3O/c14-11-7(5-6-8(15)12(11)16)13(20)19-10-4-2-1-3-9(10)17-18-19/h1-6H. The number of carbonyl (C=O) groups excluding carboxylic acids is 1. The molecule has 100 valence electrons. The summed E-state index contributed by atoms with van der Waals surface area (Å²) < 4.78 is 27.4. The van der Waals surface area contributed by atoms with Crippen molar-refractivity contribution >= 4 is 28.5 Å². The Balaban J connectivity index is 2.16. The Kier molecular flexibility index (Phi) is 2.94. The highest BCUT2D eigenvalue weighted by Gasteiger charge is 2.20. The molecule has 0 unspecified atom stereocenters.